The van der Waals surface area contributed by atoms with Crippen molar-refractivity contribution >= 4 is 11.9 Å². The van der Waals surface area contributed by atoms with Crippen molar-refractivity contribution in [2.75, 3.05) is 17.7 Å². The molecule has 0 bridgehead atoms. The van der Waals surface area contributed by atoms with E-state index < -0.39 is 0 Å². The SMILES string of the molecule is CC(C)CC(C)N(C)c1nc(N)nc(OC(C)C)n1. The van der Waals surface area contributed by atoms with E-state index in [1.54, 1.807) is 0 Å². The number of ether oxygens (including phenoxy) is 1. The van der Waals surface area contributed by atoms with Crippen LogP contribution < -0.4 is 15.4 Å². The highest BCUT2D eigenvalue weighted by molar-refractivity contribution is 5.36. The van der Waals surface area contributed by atoms with Gasteiger partial charge in [0.1, 0.15) is 0 Å². The van der Waals surface area contributed by atoms with Crippen molar-refractivity contribution in [1.82, 2.24) is 15.0 Å². The Hall–Kier alpha value is -1.59. The van der Waals surface area contributed by atoms with Gasteiger partial charge in [0.15, 0.2) is 0 Å². The normalized spacial score (nSPS) is 12.8. The summed E-state index contributed by atoms with van der Waals surface area (Å²) in [5.74, 6) is 1.35. The average molecular weight is 267 g/mol. The molecule has 0 saturated heterocycles. The van der Waals surface area contributed by atoms with E-state index in [-0.39, 0.29) is 18.1 Å². The highest BCUT2D eigenvalue weighted by Gasteiger charge is 2.16. The number of aromatic nitrogens is 3. The number of hydrogen-bond donors (Lipinski definition) is 1. The van der Waals surface area contributed by atoms with E-state index in [0.717, 1.165) is 6.42 Å². The lowest BCUT2D eigenvalue weighted by Gasteiger charge is -2.26. The van der Waals surface area contributed by atoms with Gasteiger partial charge in [0.25, 0.3) is 0 Å². The standard InChI is InChI=1S/C13H25N5O/c1-8(2)7-10(5)18(6)12-15-11(14)16-13(17-12)19-9(3)4/h8-10H,7H2,1-6H3,(H2,14,15,16,17). The maximum atomic E-state index is 5.71. The number of nitrogens with zero attached hydrogens (tertiary/aromatic N) is 4. The minimum atomic E-state index is 0.00745. The van der Waals surface area contributed by atoms with Crippen LogP contribution in [0.5, 0.6) is 6.01 Å². The van der Waals surface area contributed by atoms with Crippen LogP contribution in [0.25, 0.3) is 0 Å². The summed E-state index contributed by atoms with van der Waals surface area (Å²) in [4.78, 5) is 14.5. The number of nitrogens with two attached hydrogens (primary N) is 1. The second-order valence-electron chi connectivity index (χ2n) is 5.53. The van der Waals surface area contributed by atoms with Crippen LogP contribution >= 0.6 is 0 Å². The summed E-state index contributed by atoms with van der Waals surface area (Å²) < 4.78 is 5.48. The highest BCUT2D eigenvalue weighted by atomic mass is 16.5. The van der Waals surface area contributed by atoms with Crippen LogP contribution in [0.15, 0.2) is 0 Å². The van der Waals surface area contributed by atoms with Gasteiger partial charge < -0.3 is 15.4 Å². The molecule has 0 amide bonds. The second-order valence-corrected chi connectivity index (χ2v) is 5.53. The Bertz CT molecular complexity index is 408. The van der Waals surface area contributed by atoms with Gasteiger partial charge in [0.2, 0.25) is 11.9 Å². The zero-order valence-electron chi connectivity index (χ0n) is 12.7. The Morgan fingerprint density at radius 2 is 1.74 bits per heavy atom. The first-order valence-electron chi connectivity index (χ1n) is 6.70. The monoisotopic (exact) mass is 267 g/mol. The molecule has 1 heterocycles. The zero-order valence-corrected chi connectivity index (χ0v) is 12.7. The van der Waals surface area contributed by atoms with Crippen LogP contribution in [-0.2, 0) is 0 Å². The third-order valence-corrected chi connectivity index (χ3v) is 2.75. The van der Waals surface area contributed by atoms with Gasteiger partial charge in [-0.15, -0.1) is 0 Å². The van der Waals surface area contributed by atoms with Gasteiger partial charge in [0, 0.05) is 13.1 Å². The fourth-order valence-electron chi connectivity index (χ4n) is 1.82. The molecule has 1 aromatic rings. The molecule has 108 valence electrons. The molecule has 2 N–H and O–H groups in total. The maximum absolute atomic E-state index is 5.71. The first-order valence-corrected chi connectivity index (χ1v) is 6.70. The largest absolute Gasteiger partial charge is 0.461 e. The van der Waals surface area contributed by atoms with Crippen molar-refractivity contribution in [1.29, 1.82) is 0 Å². The first kappa shape index (κ1) is 15.5. The predicted octanol–water partition coefficient (Wildman–Crippen LogP) is 2.11. The fraction of sp³-hybridized carbons (Fsp3) is 0.769. The molecule has 0 spiro atoms. The summed E-state index contributed by atoms with van der Waals surface area (Å²) in [6.07, 6.45) is 1.07. The van der Waals surface area contributed by atoms with Crippen LogP contribution in [-0.4, -0.2) is 34.1 Å². The van der Waals surface area contributed by atoms with Gasteiger partial charge in [-0.2, -0.15) is 15.0 Å². The fourth-order valence-corrected chi connectivity index (χ4v) is 1.82. The van der Waals surface area contributed by atoms with Gasteiger partial charge in [0.05, 0.1) is 6.10 Å². The molecule has 1 rings (SSSR count). The van der Waals surface area contributed by atoms with Gasteiger partial charge in [-0.1, -0.05) is 13.8 Å². The van der Waals surface area contributed by atoms with Crippen molar-refractivity contribution in [3.63, 3.8) is 0 Å². The molecule has 0 fully saturated rings. The Labute approximate surface area is 115 Å². The van der Waals surface area contributed by atoms with Crippen molar-refractivity contribution in [2.24, 2.45) is 5.92 Å². The molecule has 6 heteroatoms. The summed E-state index contributed by atoms with van der Waals surface area (Å²) in [6.45, 7) is 10.4. The van der Waals surface area contributed by atoms with E-state index in [9.17, 15) is 0 Å². The molecule has 19 heavy (non-hydrogen) atoms. The summed E-state index contributed by atoms with van der Waals surface area (Å²) in [5.41, 5.74) is 5.71. The van der Waals surface area contributed by atoms with Crippen molar-refractivity contribution in [2.45, 2.75) is 53.2 Å². The molecular formula is C13H25N5O. The molecule has 0 aliphatic carbocycles. The molecule has 0 aliphatic rings. The molecule has 0 aromatic carbocycles. The first-order chi connectivity index (χ1) is 8.79. The molecule has 1 aromatic heterocycles. The van der Waals surface area contributed by atoms with Crippen molar-refractivity contribution < 1.29 is 4.74 Å². The summed E-state index contributed by atoms with van der Waals surface area (Å²) in [7, 11) is 1.96. The smallest absolute Gasteiger partial charge is 0.323 e. The molecule has 0 aliphatic heterocycles. The lowest BCUT2D eigenvalue weighted by Crippen LogP contribution is -2.32. The van der Waals surface area contributed by atoms with Gasteiger partial charge >= 0.3 is 6.01 Å². The molecular weight excluding hydrogens is 242 g/mol. The van der Waals surface area contributed by atoms with Crippen molar-refractivity contribution in [3.05, 3.63) is 0 Å². The van der Waals surface area contributed by atoms with E-state index in [2.05, 4.69) is 35.7 Å². The summed E-state index contributed by atoms with van der Waals surface area (Å²) >= 11 is 0. The highest BCUT2D eigenvalue weighted by Crippen LogP contribution is 2.18. The third kappa shape index (κ3) is 4.89. The summed E-state index contributed by atoms with van der Waals surface area (Å²) in [5, 5.41) is 0. The predicted molar refractivity (Wildman–Crippen MR) is 77.3 cm³/mol. The number of nitrogen functional groups attached to an aromatic ring is 1. The number of hydrogen-bond acceptors (Lipinski definition) is 6. The van der Waals surface area contributed by atoms with Crippen LogP contribution in [0, 0.1) is 5.92 Å². The molecule has 0 saturated carbocycles. The summed E-state index contributed by atoms with van der Waals surface area (Å²) in [6, 6.07) is 0.606. The van der Waals surface area contributed by atoms with Gasteiger partial charge in [-0.3, -0.25) is 0 Å². The van der Waals surface area contributed by atoms with E-state index in [1.165, 1.54) is 0 Å². The zero-order chi connectivity index (χ0) is 14.6. The molecule has 1 unspecified atom stereocenters. The van der Waals surface area contributed by atoms with Crippen LogP contribution in [0.1, 0.15) is 41.0 Å². The lowest BCUT2D eigenvalue weighted by atomic mass is 10.0. The number of rotatable bonds is 6. The van der Waals surface area contributed by atoms with E-state index in [1.807, 2.05) is 25.8 Å². The van der Waals surface area contributed by atoms with Crippen LogP contribution in [0.3, 0.4) is 0 Å². The van der Waals surface area contributed by atoms with Gasteiger partial charge in [-0.25, -0.2) is 0 Å². The third-order valence-electron chi connectivity index (χ3n) is 2.75. The Morgan fingerprint density at radius 1 is 1.11 bits per heavy atom. The van der Waals surface area contributed by atoms with Gasteiger partial charge in [-0.05, 0) is 33.1 Å². The Kier molecular flexibility index (Phi) is 5.32. The minimum Gasteiger partial charge on any atom is -0.461 e. The van der Waals surface area contributed by atoms with E-state index >= 15 is 0 Å². The minimum absolute atomic E-state index is 0.00745. The molecule has 6 nitrogen and oxygen atoms in total. The lowest BCUT2D eigenvalue weighted by molar-refractivity contribution is 0.222. The molecule has 1 atom stereocenters. The quantitative estimate of drug-likeness (QED) is 0.850. The van der Waals surface area contributed by atoms with Crippen molar-refractivity contribution in [3.8, 4) is 6.01 Å². The van der Waals surface area contributed by atoms with E-state index in [4.69, 9.17) is 10.5 Å². The average Bonchev–Trinajstić information content (AvgIpc) is 2.25. The topological polar surface area (TPSA) is 77.2 Å². The molecule has 0 radical (unpaired) electrons. The van der Waals surface area contributed by atoms with Crippen LogP contribution in [0.4, 0.5) is 11.9 Å². The Morgan fingerprint density at radius 3 is 2.26 bits per heavy atom. The van der Waals surface area contributed by atoms with E-state index in [0.29, 0.717) is 17.9 Å². The number of anilines is 2. The van der Waals surface area contributed by atoms with Crippen LogP contribution in [0.2, 0.25) is 0 Å². The second kappa shape index (κ2) is 6.54. The Balaban J connectivity index is 2.89. The maximum Gasteiger partial charge on any atom is 0.323 e.